The molecule has 43 heavy (non-hydrogen) atoms. The summed E-state index contributed by atoms with van der Waals surface area (Å²) in [6, 6.07) is 3.99. The number of rotatable bonds is 12. The first-order valence-corrected chi connectivity index (χ1v) is 15.1. The molecule has 1 unspecified atom stereocenters. The van der Waals surface area contributed by atoms with Crippen molar-refractivity contribution in [3.05, 3.63) is 39.9 Å². The van der Waals surface area contributed by atoms with Crippen molar-refractivity contribution in [1.82, 2.24) is 25.2 Å². The Morgan fingerprint density at radius 1 is 1.35 bits per heavy atom. The van der Waals surface area contributed by atoms with Gasteiger partial charge in [0.25, 0.3) is 17.9 Å². The second-order valence-electron chi connectivity index (χ2n) is 9.39. The molecule has 0 saturated carbocycles. The SMILES string of the molecule is C[C@H]1[C@H](NC(=O)/C(=N\OC(COc2ccc(C(=N)N[C@@H]3CCNC3)cc2)C(=O)O)c2nc(N)sc2Cl)C(=O)N1S(=O)(=O)O. The molecule has 2 amide bonds. The average molecular weight is 659 g/mol. The number of halogens is 1. The van der Waals surface area contributed by atoms with E-state index in [0.29, 0.717) is 5.56 Å². The number of ether oxygens (including phenoxy) is 1. The summed E-state index contributed by atoms with van der Waals surface area (Å²) in [7, 11) is -4.85. The van der Waals surface area contributed by atoms with Crippen molar-refractivity contribution < 1.29 is 42.0 Å². The van der Waals surface area contributed by atoms with Gasteiger partial charge in [0, 0.05) is 18.2 Å². The zero-order valence-corrected chi connectivity index (χ0v) is 24.7. The van der Waals surface area contributed by atoms with Crippen LogP contribution in [0.25, 0.3) is 0 Å². The molecule has 2 saturated heterocycles. The number of nitrogen functional groups attached to an aromatic ring is 1. The summed E-state index contributed by atoms with van der Waals surface area (Å²) in [6.07, 6.45) is -0.829. The highest BCUT2D eigenvalue weighted by atomic mass is 35.5. The molecule has 4 atom stereocenters. The van der Waals surface area contributed by atoms with Crippen LogP contribution in [0.4, 0.5) is 5.13 Å². The van der Waals surface area contributed by atoms with Crippen LogP contribution in [0.5, 0.6) is 5.75 Å². The number of thiazole rings is 1. The van der Waals surface area contributed by atoms with Gasteiger partial charge in [-0.15, -0.1) is 0 Å². The third kappa shape index (κ3) is 7.49. The highest BCUT2D eigenvalue weighted by molar-refractivity contribution is 7.84. The van der Waals surface area contributed by atoms with Gasteiger partial charge in [-0.2, -0.15) is 8.42 Å². The third-order valence-electron chi connectivity index (χ3n) is 6.41. The van der Waals surface area contributed by atoms with Crippen LogP contribution in [0.2, 0.25) is 4.34 Å². The molecule has 4 rings (SSSR count). The first-order valence-electron chi connectivity index (χ1n) is 12.6. The first kappa shape index (κ1) is 31.9. The zero-order valence-electron chi connectivity index (χ0n) is 22.3. The number of carboxylic acids is 1. The van der Waals surface area contributed by atoms with Crippen molar-refractivity contribution in [3.8, 4) is 5.75 Å². The topological polar surface area (TPSA) is 259 Å². The molecule has 2 aliphatic rings. The monoisotopic (exact) mass is 658 g/mol. The molecule has 1 aromatic heterocycles. The van der Waals surface area contributed by atoms with Gasteiger partial charge >= 0.3 is 16.3 Å². The number of β-lactam (4-membered cyclic amide) rings is 1. The second-order valence-corrected chi connectivity index (χ2v) is 12.3. The fourth-order valence-electron chi connectivity index (χ4n) is 4.19. The molecular weight excluding hydrogens is 632 g/mol. The maximum absolute atomic E-state index is 13.1. The lowest BCUT2D eigenvalue weighted by Crippen LogP contribution is -2.71. The lowest BCUT2D eigenvalue weighted by Gasteiger charge is -2.42. The van der Waals surface area contributed by atoms with Gasteiger partial charge in [-0.25, -0.2) is 14.1 Å². The maximum atomic E-state index is 13.1. The highest BCUT2D eigenvalue weighted by Crippen LogP contribution is 2.28. The summed E-state index contributed by atoms with van der Waals surface area (Å²) >= 11 is 6.90. The molecule has 0 radical (unpaired) electrons. The molecule has 20 heteroatoms. The molecule has 0 aliphatic carbocycles. The number of carbonyl (C=O) groups is 3. The number of aliphatic carboxylic acids is 1. The minimum absolute atomic E-state index is 0.0594. The number of amides is 2. The van der Waals surface area contributed by atoms with E-state index < -0.39 is 58.6 Å². The normalized spacial score (nSPS) is 21.1. The lowest BCUT2D eigenvalue weighted by atomic mass is 10.0. The molecule has 17 nitrogen and oxygen atoms in total. The molecule has 3 heterocycles. The van der Waals surface area contributed by atoms with E-state index in [1.54, 1.807) is 24.3 Å². The second kappa shape index (κ2) is 13.1. The zero-order chi connectivity index (χ0) is 31.5. The van der Waals surface area contributed by atoms with Crippen LogP contribution < -0.4 is 26.4 Å². The number of hydrogen-bond acceptors (Lipinski definition) is 13. The summed E-state index contributed by atoms with van der Waals surface area (Å²) in [4.78, 5) is 46.2. The van der Waals surface area contributed by atoms with Crippen molar-refractivity contribution in [1.29, 1.82) is 5.41 Å². The Kier molecular flexibility index (Phi) is 9.70. The number of hydrogen-bond donors (Lipinski definition) is 7. The average Bonchev–Trinajstić information content (AvgIpc) is 3.57. The standard InChI is InChI=1S/C23H27ClN8O9S2/c1-10-15(21(34)32(10)43(37,38)39)29-20(33)17(16-18(24)42-23(26)30-16)31-41-14(22(35)36)9-40-13-4-2-11(3-5-13)19(25)28-12-6-7-27-8-12/h2-5,10,12,14-15,27H,6-9H2,1H3,(H2,25,28)(H2,26,30)(H,29,33)(H,35,36)(H,37,38,39)/b31-17-/t10-,12+,14?,15-/m0/s1. The maximum Gasteiger partial charge on any atom is 0.362 e. The van der Waals surface area contributed by atoms with Crippen molar-refractivity contribution in [3.63, 3.8) is 0 Å². The van der Waals surface area contributed by atoms with Crippen molar-refractivity contribution in [2.24, 2.45) is 5.16 Å². The van der Waals surface area contributed by atoms with E-state index in [4.69, 9.17) is 32.3 Å². The number of oxime groups is 1. The molecule has 0 bridgehead atoms. The predicted molar refractivity (Wildman–Crippen MR) is 154 cm³/mol. The summed E-state index contributed by atoms with van der Waals surface area (Å²) in [5.74, 6) is -3.22. The number of anilines is 1. The van der Waals surface area contributed by atoms with Crippen molar-refractivity contribution in [2.45, 2.75) is 37.6 Å². The molecular formula is C23H27ClN8O9S2. The number of nitrogens with zero attached hydrogens (tertiary/aromatic N) is 3. The summed E-state index contributed by atoms with van der Waals surface area (Å²) in [6.45, 7) is 2.35. The van der Waals surface area contributed by atoms with E-state index in [9.17, 15) is 32.5 Å². The van der Waals surface area contributed by atoms with Crippen LogP contribution >= 0.6 is 22.9 Å². The van der Waals surface area contributed by atoms with Gasteiger partial charge in [0.05, 0.1) is 6.04 Å². The van der Waals surface area contributed by atoms with Crippen LogP contribution in [0, 0.1) is 5.41 Å². The van der Waals surface area contributed by atoms with Crippen LogP contribution in [-0.4, -0.2) is 101 Å². The summed E-state index contributed by atoms with van der Waals surface area (Å²) in [5, 5.41) is 30.0. The largest absolute Gasteiger partial charge is 0.489 e. The number of carbonyl (C=O) groups excluding carboxylic acids is 2. The highest BCUT2D eigenvalue weighted by Gasteiger charge is 2.51. The van der Waals surface area contributed by atoms with E-state index in [1.165, 1.54) is 6.92 Å². The van der Waals surface area contributed by atoms with Crippen LogP contribution in [0.3, 0.4) is 0 Å². The van der Waals surface area contributed by atoms with E-state index in [2.05, 4.69) is 26.1 Å². The minimum Gasteiger partial charge on any atom is -0.489 e. The van der Waals surface area contributed by atoms with Gasteiger partial charge < -0.3 is 36.4 Å². The Morgan fingerprint density at radius 3 is 2.58 bits per heavy atom. The van der Waals surface area contributed by atoms with E-state index in [0.717, 1.165) is 30.8 Å². The molecule has 8 N–H and O–H groups in total. The summed E-state index contributed by atoms with van der Waals surface area (Å²) in [5.41, 5.74) is 5.33. The minimum atomic E-state index is -4.85. The Hall–Kier alpha value is -4.04. The molecule has 2 aromatic rings. The smallest absolute Gasteiger partial charge is 0.362 e. The predicted octanol–water partition coefficient (Wildman–Crippen LogP) is -0.573. The van der Waals surface area contributed by atoms with Gasteiger partial charge in [0.15, 0.2) is 10.8 Å². The van der Waals surface area contributed by atoms with Crippen LogP contribution in [0.15, 0.2) is 29.4 Å². The number of nitrogens with two attached hydrogens (primary N) is 1. The molecule has 232 valence electrons. The van der Waals surface area contributed by atoms with Crippen molar-refractivity contribution in [2.75, 3.05) is 25.4 Å². The number of aromatic nitrogens is 1. The van der Waals surface area contributed by atoms with E-state index >= 15 is 0 Å². The quantitative estimate of drug-likeness (QED) is 0.0496. The summed E-state index contributed by atoms with van der Waals surface area (Å²) < 4.78 is 37.5. The molecule has 2 aliphatic heterocycles. The Morgan fingerprint density at radius 2 is 2.05 bits per heavy atom. The Labute approximate surface area is 253 Å². The first-order chi connectivity index (χ1) is 20.3. The molecule has 2 fully saturated rings. The third-order valence-corrected chi connectivity index (χ3v) is 8.51. The fourth-order valence-corrected chi connectivity index (χ4v) is 6.00. The van der Waals surface area contributed by atoms with Gasteiger partial charge in [-0.1, -0.05) is 28.1 Å². The Balaban J connectivity index is 1.44. The van der Waals surface area contributed by atoms with E-state index in [-0.39, 0.29) is 37.1 Å². The van der Waals surface area contributed by atoms with Crippen LogP contribution in [-0.2, 0) is 29.5 Å². The molecule has 1 aromatic carbocycles. The number of carboxylic acid groups (broad SMARTS) is 1. The van der Waals surface area contributed by atoms with Gasteiger partial charge in [-0.3, -0.25) is 19.6 Å². The number of amidine groups is 1. The number of nitrogens with one attached hydrogen (secondary N) is 4. The van der Waals surface area contributed by atoms with Gasteiger partial charge in [0.1, 0.15) is 34.3 Å². The van der Waals surface area contributed by atoms with Crippen LogP contribution in [0.1, 0.15) is 24.6 Å². The molecule has 0 spiro atoms. The Bertz CT molecular complexity index is 1540. The van der Waals surface area contributed by atoms with E-state index in [1.807, 2.05) is 0 Å². The number of benzene rings is 1. The fraction of sp³-hybridized carbons (Fsp3) is 0.391. The lowest BCUT2D eigenvalue weighted by molar-refractivity contribution is -0.152. The van der Waals surface area contributed by atoms with Gasteiger partial charge in [0.2, 0.25) is 0 Å². The van der Waals surface area contributed by atoms with Crippen molar-refractivity contribution >= 4 is 67.7 Å². The van der Waals surface area contributed by atoms with Gasteiger partial charge in [-0.05, 0) is 44.2 Å².